The SMILES string of the molecule is Cc1ccc2c(COC(=O)c3ccc(N4CCOCC4)c([N+](=O)[O-])c3)cc(=O)oc2c1. The van der Waals surface area contributed by atoms with Crippen molar-refractivity contribution in [2.45, 2.75) is 13.5 Å². The molecular weight excluding hydrogens is 404 g/mol. The monoisotopic (exact) mass is 424 g/mol. The minimum Gasteiger partial charge on any atom is -0.457 e. The second-order valence-electron chi connectivity index (χ2n) is 7.23. The predicted molar refractivity (Wildman–Crippen MR) is 112 cm³/mol. The first-order valence-corrected chi connectivity index (χ1v) is 9.74. The summed E-state index contributed by atoms with van der Waals surface area (Å²) in [5.41, 5.74) is 1.62. The largest absolute Gasteiger partial charge is 0.457 e. The molecular formula is C22H20N2O7. The van der Waals surface area contributed by atoms with Crippen molar-refractivity contribution in [3.63, 3.8) is 0 Å². The number of morpholine rings is 1. The molecule has 1 saturated heterocycles. The molecule has 1 aliphatic rings. The molecule has 3 aromatic rings. The Morgan fingerprint density at radius 3 is 2.68 bits per heavy atom. The summed E-state index contributed by atoms with van der Waals surface area (Å²) in [5.74, 6) is -0.717. The van der Waals surface area contributed by atoms with Gasteiger partial charge in [-0.3, -0.25) is 10.1 Å². The lowest BCUT2D eigenvalue weighted by atomic mass is 10.1. The zero-order valence-electron chi connectivity index (χ0n) is 16.8. The third-order valence-corrected chi connectivity index (χ3v) is 5.10. The molecule has 31 heavy (non-hydrogen) atoms. The maximum atomic E-state index is 12.6. The number of nitrogens with zero attached hydrogens (tertiary/aromatic N) is 2. The van der Waals surface area contributed by atoms with E-state index in [9.17, 15) is 19.7 Å². The van der Waals surface area contributed by atoms with Gasteiger partial charge in [-0.05, 0) is 30.7 Å². The number of nitro groups is 1. The molecule has 0 N–H and O–H groups in total. The molecule has 0 atom stereocenters. The number of nitro benzene ring substituents is 1. The zero-order chi connectivity index (χ0) is 22.0. The van der Waals surface area contributed by atoms with Gasteiger partial charge in [0.15, 0.2) is 0 Å². The summed E-state index contributed by atoms with van der Waals surface area (Å²) >= 11 is 0. The van der Waals surface area contributed by atoms with Crippen molar-refractivity contribution < 1.29 is 23.6 Å². The van der Waals surface area contributed by atoms with Crippen molar-refractivity contribution >= 4 is 28.3 Å². The van der Waals surface area contributed by atoms with E-state index in [1.54, 1.807) is 18.2 Å². The van der Waals surface area contributed by atoms with E-state index >= 15 is 0 Å². The minimum atomic E-state index is -0.717. The Balaban J connectivity index is 1.56. The number of benzene rings is 2. The molecule has 2 aromatic carbocycles. The van der Waals surface area contributed by atoms with E-state index in [4.69, 9.17) is 13.9 Å². The topological polar surface area (TPSA) is 112 Å². The molecule has 160 valence electrons. The number of hydrogen-bond acceptors (Lipinski definition) is 8. The van der Waals surface area contributed by atoms with Crippen LogP contribution >= 0.6 is 0 Å². The van der Waals surface area contributed by atoms with Crippen molar-refractivity contribution in [3.05, 3.63) is 79.7 Å². The lowest BCUT2D eigenvalue weighted by Crippen LogP contribution is -2.36. The van der Waals surface area contributed by atoms with Crippen molar-refractivity contribution in [3.8, 4) is 0 Å². The van der Waals surface area contributed by atoms with Gasteiger partial charge in [0.2, 0.25) is 0 Å². The highest BCUT2D eigenvalue weighted by Gasteiger charge is 2.24. The molecule has 9 heteroatoms. The van der Waals surface area contributed by atoms with E-state index in [0.29, 0.717) is 48.5 Å². The van der Waals surface area contributed by atoms with Crippen LogP contribution in [0.2, 0.25) is 0 Å². The number of hydrogen-bond donors (Lipinski definition) is 0. The Morgan fingerprint density at radius 2 is 1.94 bits per heavy atom. The highest BCUT2D eigenvalue weighted by atomic mass is 16.6. The number of carbonyl (C=O) groups is 1. The van der Waals surface area contributed by atoms with Gasteiger partial charge in [0, 0.05) is 36.2 Å². The fourth-order valence-electron chi connectivity index (χ4n) is 3.55. The van der Waals surface area contributed by atoms with Crippen LogP contribution < -0.4 is 10.5 Å². The maximum absolute atomic E-state index is 12.6. The number of rotatable bonds is 5. The first-order chi connectivity index (χ1) is 14.9. The molecule has 1 aromatic heterocycles. The average molecular weight is 424 g/mol. The Hall–Kier alpha value is -3.72. The van der Waals surface area contributed by atoms with Crippen LogP contribution in [0.4, 0.5) is 11.4 Å². The highest BCUT2D eigenvalue weighted by Crippen LogP contribution is 2.30. The number of fused-ring (bicyclic) bond motifs is 1. The smallest absolute Gasteiger partial charge is 0.338 e. The van der Waals surface area contributed by atoms with Gasteiger partial charge >= 0.3 is 11.6 Å². The summed E-state index contributed by atoms with van der Waals surface area (Å²) in [6.07, 6.45) is 0. The first-order valence-electron chi connectivity index (χ1n) is 9.74. The number of esters is 1. The van der Waals surface area contributed by atoms with Crippen molar-refractivity contribution in [1.82, 2.24) is 0 Å². The predicted octanol–water partition coefficient (Wildman–Crippen LogP) is 3.20. The Bertz CT molecular complexity index is 1210. The molecule has 1 fully saturated rings. The summed E-state index contributed by atoms with van der Waals surface area (Å²) in [7, 11) is 0. The van der Waals surface area contributed by atoms with Gasteiger partial charge in [0.05, 0.1) is 23.7 Å². The van der Waals surface area contributed by atoms with Crippen molar-refractivity contribution in [2.75, 3.05) is 31.2 Å². The van der Waals surface area contributed by atoms with E-state index in [1.165, 1.54) is 18.2 Å². The number of anilines is 1. The van der Waals surface area contributed by atoms with Gasteiger partial charge in [-0.1, -0.05) is 12.1 Å². The summed E-state index contributed by atoms with van der Waals surface area (Å²) in [5, 5.41) is 12.2. The van der Waals surface area contributed by atoms with Crippen LogP contribution in [-0.4, -0.2) is 37.2 Å². The maximum Gasteiger partial charge on any atom is 0.338 e. The van der Waals surface area contributed by atoms with Gasteiger partial charge < -0.3 is 18.8 Å². The Kier molecular flexibility index (Phi) is 5.68. The second kappa shape index (κ2) is 8.57. The third-order valence-electron chi connectivity index (χ3n) is 5.10. The summed E-state index contributed by atoms with van der Waals surface area (Å²) in [4.78, 5) is 37.3. The van der Waals surface area contributed by atoms with Gasteiger partial charge in [0.1, 0.15) is 17.9 Å². The van der Waals surface area contributed by atoms with E-state index < -0.39 is 16.5 Å². The lowest BCUT2D eigenvalue weighted by molar-refractivity contribution is -0.384. The Labute approximate surface area is 176 Å². The van der Waals surface area contributed by atoms with Crippen molar-refractivity contribution in [1.29, 1.82) is 0 Å². The standard InChI is InChI=1S/C22H20N2O7/c1-14-2-4-17-16(12-21(25)31-20(17)10-14)13-30-22(26)15-3-5-18(19(11-15)24(27)28)23-6-8-29-9-7-23/h2-5,10-12H,6-9,13H2,1H3. The van der Waals surface area contributed by atoms with Gasteiger partial charge in [0.25, 0.3) is 5.69 Å². The fourth-order valence-corrected chi connectivity index (χ4v) is 3.55. The number of carbonyl (C=O) groups excluding carboxylic acids is 1. The lowest BCUT2D eigenvalue weighted by Gasteiger charge is -2.28. The molecule has 0 unspecified atom stereocenters. The molecule has 9 nitrogen and oxygen atoms in total. The van der Waals surface area contributed by atoms with Crippen LogP contribution in [0, 0.1) is 17.0 Å². The number of ether oxygens (including phenoxy) is 2. The van der Waals surface area contributed by atoms with E-state index in [0.717, 1.165) is 5.56 Å². The summed E-state index contributed by atoms with van der Waals surface area (Å²) in [6, 6.07) is 10.9. The summed E-state index contributed by atoms with van der Waals surface area (Å²) < 4.78 is 15.8. The van der Waals surface area contributed by atoms with Crippen LogP contribution in [0.3, 0.4) is 0 Å². The summed E-state index contributed by atoms with van der Waals surface area (Å²) in [6.45, 7) is 3.75. The van der Waals surface area contributed by atoms with Crippen LogP contribution in [-0.2, 0) is 16.1 Å². The van der Waals surface area contributed by atoms with Gasteiger partial charge in [-0.25, -0.2) is 9.59 Å². The molecule has 0 amide bonds. The zero-order valence-corrected chi connectivity index (χ0v) is 16.8. The Morgan fingerprint density at radius 1 is 1.16 bits per heavy atom. The van der Waals surface area contributed by atoms with E-state index in [2.05, 4.69) is 0 Å². The van der Waals surface area contributed by atoms with Crippen LogP contribution in [0.1, 0.15) is 21.5 Å². The molecule has 1 aliphatic heterocycles. The second-order valence-corrected chi connectivity index (χ2v) is 7.23. The number of aryl methyl sites for hydroxylation is 1. The van der Waals surface area contributed by atoms with Gasteiger partial charge in [-0.15, -0.1) is 0 Å². The van der Waals surface area contributed by atoms with Gasteiger partial charge in [-0.2, -0.15) is 0 Å². The molecule has 2 heterocycles. The molecule has 0 bridgehead atoms. The van der Waals surface area contributed by atoms with Crippen LogP contribution in [0.25, 0.3) is 11.0 Å². The average Bonchev–Trinajstić information content (AvgIpc) is 2.77. The fraction of sp³-hybridized carbons (Fsp3) is 0.273. The molecule has 4 rings (SSSR count). The highest BCUT2D eigenvalue weighted by molar-refractivity contribution is 5.91. The normalized spacial score (nSPS) is 13.9. The van der Waals surface area contributed by atoms with Crippen LogP contribution in [0.5, 0.6) is 0 Å². The van der Waals surface area contributed by atoms with E-state index in [1.807, 2.05) is 17.9 Å². The molecule has 0 spiro atoms. The molecule has 0 saturated carbocycles. The third kappa shape index (κ3) is 4.41. The first kappa shape index (κ1) is 20.5. The molecule has 0 radical (unpaired) electrons. The van der Waals surface area contributed by atoms with Crippen molar-refractivity contribution in [2.24, 2.45) is 0 Å². The quantitative estimate of drug-likeness (QED) is 0.266. The van der Waals surface area contributed by atoms with E-state index in [-0.39, 0.29) is 17.9 Å². The molecule has 0 aliphatic carbocycles. The van der Waals surface area contributed by atoms with Crippen LogP contribution in [0.15, 0.2) is 51.7 Å². The minimum absolute atomic E-state index is 0.0619.